The molecule has 0 atom stereocenters. The molecule has 3 nitrogen and oxygen atoms in total. The fourth-order valence-corrected chi connectivity index (χ4v) is 1.78. The predicted octanol–water partition coefficient (Wildman–Crippen LogP) is 3.88. The first kappa shape index (κ1) is 13.4. The van der Waals surface area contributed by atoms with Crippen molar-refractivity contribution >= 4 is 17.6 Å². The minimum atomic E-state index is -0.475. The van der Waals surface area contributed by atoms with Gasteiger partial charge in [-0.25, -0.2) is 4.79 Å². The molecule has 0 aliphatic carbocycles. The van der Waals surface area contributed by atoms with Gasteiger partial charge < -0.3 is 9.47 Å². The summed E-state index contributed by atoms with van der Waals surface area (Å²) < 4.78 is 10.4. The molecule has 4 heteroatoms. The number of esters is 1. The molecule has 2 rings (SSSR count). The topological polar surface area (TPSA) is 35.5 Å². The molecule has 0 aliphatic heterocycles. The number of methoxy groups -OCH3 is 1. The summed E-state index contributed by atoms with van der Waals surface area (Å²) in [7, 11) is 1.51. The van der Waals surface area contributed by atoms with Crippen molar-refractivity contribution in [3.63, 3.8) is 0 Å². The first-order chi connectivity index (χ1) is 9.11. The van der Waals surface area contributed by atoms with Crippen LogP contribution in [0.5, 0.6) is 11.5 Å². The Balaban J connectivity index is 2.23. The van der Waals surface area contributed by atoms with Crippen molar-refractivity contribution < 1.29 is 14.3 Å². The second-order valence-electron chi connectivity index (χ2n) is 4.00. The monoisotopic (exact) mass is 276 g/mol. The summed E-state index contributed by atoms with van der Waals surface area (Å²) >= 11 is 5.99. The van der Waals surface area contributed by atoms with Crippen LogP contribution in [0, 0.1) is 6.92 Å². The van der Waals surface area contributed by atoms with E-state index in [1.165, 1.54) is 7.11 Å². The molecule has 0 spiro atoms. The summed E-state index contributed by atoms with van der Waals surface area (Å²) in [5.41, 5.74) is 1.31. The standard InChI is InChI=1S/C15H13ClO3/c1-10-7-8-11(9-13(10)16)19-15(17)12-5-3-4-6-14(12)18-2/h3-9H,1-2H3. The van der Waals surface area contributed by atoms with Crippen LogP contribution in [-0.2, 0) is 0 Å². The Kier molecular flexibility index (Phi) is 4.07. The maximum Gasteiger partial charge on any atom is 0.347 e. The molecule has 0 aliphatic rings. The molecule has 0 radical (unpaired) electrons. The minimum Gasteiger partial charge on any atom is -0.496 e. The maximum absolute atomic E-state index is 12.0. The van der Waals surface area contributed by atoms with E-state index in [0.717, 1.165) is 5.56 Å². The number of hydrogen-bond acceptors (Lipinski definition) is 3. The highest BCUT2D eigenvalue weighted by Gasteiger charge is 2.14. The number of hydrogen-bond donors (Lipinski definition) is 0. The van der Waals surface area contributed by atoms with Gasteiger partial charge in [0.25, 0.3) is 0 Å². The van der Waals surface area contributed by atoms with E-state index >= 15 is 0 Å². The Labute approximate surface area is 116 Å². The number of ether oxygens (including phenoxy) is 2. The smallest absolute Gasteiger partial charge is 0.347 e. The number of carbonyl (C=O) groups is 1. The second-order valence-corrected chi connectivity index (χ2v) is 4.41. The molecule has 0 N–H and O–H groups in total. The zero-order valence-electron chi connectivity index (χ0n) is 10.6. The lowest BCUT2D eigenvalue weighted by molar-refractivity contribution is 0.0731. The average molecular weight is 277 g/mol. The number of rotatable bonds is 3. The third-order valence-electron chi connectivity index (χ3n) is 2.68. The average Bonchev–Trinajstić information content (AvgIpc) is 2.43. The number of aryl methyl sites for hydroxylation is 1. The van der Waals surface area contributed by atoms with Gasteiger partial charge >= 0.3 is 5.97 Å². The molecule has 2 aromatic rings. The zero-order chi connectivity index (χ0) is 13.8. The van der Waals surface area contributed by atoms with Gasteiger partial charge in [-0.1, -0.05) is 29.8 Å². The van der Waals surface area contributed by atoms with E-state index in [2.05, 4.69) is 0 Å². The Bertz CT molecular complexity index is 608. The van der Waals surface area contributed by atoms with Gasteiger partial charge in [0.1, 0.15) is 17.1 Å². The zero-order valence-corrected chi connectivity index (χ0v) is 11.4. The van der Waals surface area contributed by atoms with E-state index in [1.54, 1.807) is 42.5 Å². The molecule has 0 fully saturated rings. The lowest BCUT2D eigenvalue weighted by Gasteiger charge is -2.08. The number of para-hydroxylation sites is 1. The van der Waals surface area contributed by atoms with Gasteiger partial charge in [0.05, 0.1) is 7.11 Å². The van der Waals surface area contributed by atoms with Gasteiger partial charge in [-0.05, 0) is 36.8 Å². The first-order valence-corrected chi connectivity index (χ1v) is 6.11. The lowest BCUT2D eigenvalue weighted by Crippen LogP contribution is -2.10. The van der Waals surface area contributed by atoms with E-state index in [9.17, 15) is 4.79 Å². The van der Waals surface area contributed by atoms with E-state index in [-0.39, 0.29) is 0 Å². The minimum absolute atomic E-state index is 0.377. The van der Waals surface area contributed by atoms with Crippen LogP contribution in [0.4, 0.5) is 0 Å². The third kappa shape index (κ3) is 3.06. The van der Waals surface area contributed by atoms with E-state index < -0.39 is 5.97 Å². The normalized spacial score (nSPS) is 10.1. The van der Waals surface area contributed by atoms with Crippen LogP contribution in [0.1, 0.15) is 15.9 Å². The third-order valence-corrected chi connectivity index (χ3v) is 3.09. The number of benzene rings is 2. The van der Waals surface area contributed by atoms with E-state index in [4.69, 9.17) is 21.1 Å². The molecule has 98 valence electrons. The predicted molar refractivity (Wildman–Crippen MR) is 74.1 cm³/mol. The fraction of sp³-hybridized carbons (Fsp3) is 0.133. The molecular weight excluding hydrogens is 264 g/mol. The van der Waals surface area contributed by atoms with Crippen LogP contribution >= 0.6 is 11.6 Å². The van der Waals surface area contributed by atoms with Gasteiger partial charge in [0.2, 0.25) is 0 Å². The van der Waals surface area contributed by atoms with Crippen molar-refractivity contribution in [1.82, 2.24) is 0 Å². The fourth-order valence-electron chi connectivity index (χ4n) is 1.61. The van der Waals surface area contributed by atoms with Crippen LogP contribution in [-0.4, -0.2) is 13.1 Å². The summed E-state index contributed by atoms with van der Waals surface area (Å²) in [5.74, 6) is 0.412. The lowest BCUT2D eigenvalue weighted by atomic mass is 10.2. The molecule has 19 heavy (non-hydrogen) atoms. The summed E-state index contributed by atoms with van der Waals surface area (Å²) in [6.45, 7) is 1.88. The molecule has 2 aromatic carbocycles. The molecule has 0 heterocycles. The largest absolute Gasteiger partial charge is 0.496 e. The maximum atomic E-state index is 12.0. The van der Waals surface area contributed by atoms with Crippen molar-refractivity contribution in [1.29, 1.82) is 0 Å². The SMILES string of the molecule is COc1ccccc1C(=O)Oc1ccc(C)c(Cl)c1. The molecule has 0 aromatic heterocycles. The summed E-state index contributed by atoms with van der Waals surface area (Å²) in [4.78, 5) is 12.0. The van der Waals surface area contributed by atoms with Crippen LogP contribution in [0.3, 0.4) is 0 Å². The van der Waals surface area contributed by atoms with Gasteiger partial charge in [-0.3, -0.25) is 0 Å². The number of halogens is 1. The second kappa shape index (κ2) is 5.76. The summed E-state index contributed by atoms with van der Waals surface area (Å²) in [6, 6.07) is 12.0. The van der Waals surface area contributed by atoms with Crippen molar-refractivity contribution in [3.8, 4) is 11.5 Å². The molecule has 0 bridgehead atoms. The van der Waals surface area contributed by atoms with Crippen molar-refractivity contribution in [2.75, 3.05) is 7.11 Å². The highest BCUT2D eigenvalue weighted by Crippen LogP contribution is 2.24. The van der Waals surface area contributed by atoms with Crippen LogP contribution < -0.4 is 9.47 Å². The Hall–Kier alpha value is -2.00. The van der Waals surface area contributed by atoms with Crippen molar-refractivity contribution in [2.45, 2.75) is 6.92 Å². The van der Waals surface area contributed by atoms with Crippen LogP contribution in [0.15, 0.2) is 42.5 Å². The van der Waals surface area contributed by atoms with Gasteiger partial charge in [0, 0.05) is 5.02 Å². The highest BCUT2D eigenvalue weighted by atomic mass is 35.5. The van der Waals surface area contributed by atoms with Crippen molar-refractivity contribution in [2.24, 2.45) is 0 Å². The Morgan fingerprint density at radius 1 is 1.16 bits per heavy atom. The summed E-state index contributed by atoms with van der Waals surface area (Å²) in [6.07, 6.45) is 0. The van der Waals surface area contributed by atoms with E-state index in [0.29, 0.717) is 22.1 Å². The van der Waals surface area contributed by atoms with Crippen molar-refractivity contribution in [3.05, 3.63) is 58.6 Å². The van der Waals surface area contributed by atoms with Gasteiger partial charge in [-0.15, -0.1) is 0 Å². The summed E-state index contributed by atoms with van der Waals surface area (Å²) in [5, 5.41) is 0.560. The van der Waals surface area contributed by atoms with Crippen LogP contribution in [0.25, 0.3) is 0 Å². The van der Waals surface area contributed by atoms with E-state index in [1.807, 2.05) is 6.92 Å². The quantitative estimate of drug-likeness (QED) is 0.630. The first-order valence-electron chi connectivity index (χ1n) is 5.73. The molecule has 0 unspecified atom stereocenters. The molecule has 0 saturated carbocycles. The van der Waals surface area contributed by atoms with Gasteiger partial charge in [0.15, 0.2) is 0 Å². The number of carbonyl (C=O) groups excluding carboxylic acids is 1. The highest BCUT2D eigenvalue weighted by molar-refractivity contribution is 6.31. The molecule has 0 saturated heterocycles. The van der Waals surface area contributed by atoms with Gasteiger partial charge in [-0.2, -0.15) is 0 Å². The molecular formula is C15H13ClO3. The Morgan fingerprint density at radius 2 is 1.89 bits per heavy atom. The van der Waals surface area contributed by atoms with Crippen LogP contribution in [0.2, 0.25) is 5.02 Å². The molecule has 0 amide bonds. The Morgan fingerprint density at radius 3 is 2.58 bits per heavy atom.